The fourth-order valence-corrected chi connectivity index (χ4v) is 4.42. The molecule has 136 valence electrons. The number of amides is 1. The van der Waals surface area contributed by atoms with E-state index in [4.69, 9.17) is 4.74 Å². The molecule has 1 N–H and O–H groups in total. The van der Waals surface area contributed by atoms with Gasteiger partial charge in [-0.1, -0.05) is 24.3 Å². The maximum absolute atomic E-state index is 12.5. The molecule has 3 rings (SSSR count). The number of hydrogen-bond donors (Lipinski definition) is 1. The molecule has 1 heterocycles. The standard InChI is InChI=1S/C20H27NO4/c1-19(2,3)25-18(24)21-10-6-9-20(13-21)12-14(11-17(22)23)15-7-4-5-8-16(15)20/h4-5,7-8,14H,6,9-13H2,1-3H3,(H,22,23)/t14-,20-/m0/s1. The molecule has 25 heavy (non-hydrogen) atoms. The van der Waals surface area contributed by atoms with Crippen LogP contribution in [0.4, 0.5) is 4.79 Å². The lowest BCUT2D eigenvalue weighted by Gasteiger charge is -2.41. The average molecular weight is 345 g/mol. The molecule has 0 unspecified atom stereocenters. The lowest BCUT2D eigenvalue weighted by atomic mass is 9.74. The van der Waals surface area contributed by atoms with Crippen molar-refractivity contribution >= 4 is 12.1 Å². The van der Waals surface area contributed by atoms with Crippen molar-refractivity contribution < 1.29 is 19.4 Å². The van der Waals surface area contributed by atoms with Gasteiger partial charge < -0.3 is 14.7 Å². The molecule has 1 amide bonds. The fraction of sp³-hybridized carbons (Fsp3) is 0.600. The molecule has 1 fully saturated rings. The zero-order valence-corrected chi connectivity index (χ0v) is 15.2. The van der Waals surface area contributed by atoms with Gasteiger partial charge in [0.2, 0.25) is 0 Å². The molecular weight excluding hydrogens is 318 g/mol. The SMILES string of the molecule is CC(C)(C)OC(=O)N1CCC[C@]2(C[C@H](CC(=O)O)c3ccccc32)C1. The molecule has 5 heteroatoms. The van der Waals surface area contributed by atoms with Crippen molar-refractivity contribution in [1.82, 2.24) is 4.90 Å². The van der Waals surface area contributed by atoms with Gasteiger partial charge in [0.05, 0.1) is 6.42 Å². The molecule has 5 nitrogen and oxygen atoms in total. The fourth-order valence-electron chi connectivity index (χ4n) is 4.42. The average Bonchev–Trinajstić information content (AvgIpc) is 2.79. The number of piperidine rings is 1. The Balaban J connectivity index is 1.86. The van der Waals surface area contributed by atoms with Crippen LogP contribution in [0.25, 0.3) is 0 Å². The summed E-state index contributed by atoms with van der Waals surface area (Å²) in [7, 11) is 0. The number of fused-ring (bicyclic) bond motifs is 2. The Hall–Kier alpha value is -2.04. The molecule has 1 aromatic carbocycles. The van der Waals surface area contributed by atoms with E-state index in [-0.39, 0.29) is 23.8 Å². The van der Waals surface area contributed by atoms with E-state index in [1.54, 1.807) is 4.90 Å². The molecule has 0 bridgehead atoms. The Morgan fingerprint density at radius 1 is 1.32 bits per heavy atom. The first kappa shape index (κ1) is 17.8. The number of nitrogens with zero attached hydrogens (tertiary/aromatic N) is 1. The van der Waals surface area contributed by atoms with Gasteiger partial charge >= 0.3 is 12.1 Å². The summed E-state index contributed by atoms with van der Waals surface area (Å²) in [6.45, 7) is 6.92. The minimum atomic E-state index is -0.767. The number of carboxylic acids is 1. The van der Waals surface area contributed by atoms with E-state index in [1.807, 2.05) is 39.0 Å². The summed E-state index contributed by atoms with van der Waals surface area (Å²) in [5, 5.41) is 9.27. The second-order valence-electron chi connectivity index (χ2n) is 8.37. The number of aliphatic carboxylic acids is 1. The molecule has 0 saturated carbocycles. The van der Waals surface area contributed by atoms with Gasteiger partial charge in [0, 0.05) is 18.5 Å². The molecule has 1 aliphatic carbocycles. The van der Waals surface area contributed by atoms with Crippen LogP contribution in [0.15, 0.2) is 24.3 Å². The topological polar surface area (TPSA) is 66.8 Å². The third kappa shape index (κ3) is 3.65. The predicted molar refractivity (Wildman–Crippen MR) is 94.8 cm³/mol. The van der Waals surface area contributed by atoms with E-state index in [0.29, 0.717) is 13.1 Å². The maximum atomic E-state index is 12.5. The van der Waals surface area contributed by atoms with Crippen LogP contribution in [-0.4, -0.2) is 40.8 Å². The van der Waals surface area contributed by atoms with Crippen molar-refractivity contribution in [3.05, 3.63) is 35.4 Å². The molecule has 1 aromatic rings. The van der Waals surface area contributed by atoms with Gasteiger partial charge in [0.15, 0.2) is 0 Å². The zero-order chi connectivity index (χ0) is 18.2. The third-order valence-corrected chi connectivity index (χ3v) is 5.26. The second kappa shape index (κ2) is 6.36. The van der Waals surface area contributed by atoms with Gasteiger partial charge in [0.25, 0.3) is 0 Å². The van der Waals surface area contributed by atoms with Gasteiger partial charge in [0.1, 0.15) is 5.60 Å². The van der Waals surface area contributed by atoms with Crippen LogP contribution in [0.5, 0.6) is 0 Å². The maximum Gasteiger partial charge on any atom is 0.410 e. The van der Waals surface area contributed by atoms with Crippen molar-refractivity contribution in [2.75, 3.05) is 13.1 Å². The van der Waals surface area contributed by atoms with Crippen molar-refractivity contribution in [3.8, 4) is 0 Å². The number of carbonyl (C=O) groups excluding carboxylic acids is 1. The number of carboxylic acid groups (broad SMARTS) is 1. The van der Waals surface area contributed by atoms with Crippen LogP contribution in [0, 0.1) is 0 Å². The van der Waals surface area contributed by atoms with E-state index >= 15 is 0 Å². The Kier molecular flexibility index (Phi) is 4.52. The Labute approximate surface area is 149 Å². The van der Waals surface area contributed by atoms with Gasteiger partial charge in [-0.2, -0.15) is 0 Å². The van der Waals surface area contributed by atoms with Crippen molar-refractivity contribution in [2.24, 2.45) is 0 Å². The van der Waals surface area contributed by atoms with Crippen LogP contribution in [-0.2, 0) is 14.9 Å². The second-order valence-corrected chi connectivity index (χ2v) is 8.37. The van der Waals surface area contributed by atoms with Crippen LogP contribution < -0.4 is 0 Å². The van der Waals surface area contributed by atoms with Gasteiger partial charge in [-0.15, -0.1) is 0 Å². The third-order valence-electron chi connectivity index (χ3n) is 5.26. The highest BCUT2D eigenvalue weighted by molar-refractivity contribution is 5.70. The number of ether oxygens (including phenoxy) is 1. The lowest BCUT2D eigenvalue weighted by Crippen LogP contribution is -2.49. The highest BCUT2D eigenvalue weighted by atomic mass is 16.6. The van der Waals surface area contributed by atoms with E-state index in [9.17, 15) is 14.7 Å². The molecule has 2 atom stereocenters. The number of hydrogen-bond acceptors (Lipinski definition) is 3. The van der Waals surface area contributed by atoms with Crippen molar-refractivity contribution in [3.63, 3.8) is 0 Å². The van der Waals surface area contributed by atoms with Crippen LogP contribution in [0.2, 0.25) is 0 Å². The predicted octanol–water partition coefficient (Wildman–Crippen LogP) is 3.92. The van der Waals surface area contributed by atoms with Crippen LogP contribution in [0.1, 0.15) is 63.5 Å². The summed E-state index contributed by atoms with van der Waals surface area (Å²) >= 11 is 0. The van der Waals surface area contributed by atoms with Crippen molar-refractivity contribution in [1.29, 1.82) is 0 Å². The van der Waals surface area contributed by atoms with E-state index in [0.717, 1.165) is 24.8 Å². The summed E-state index contributed by atoms with van der Waals surface area (Å²) in [5.74, 6) is -0.746. The number of benzene rings is 1. The number of rotatable bonds is 2. The highest BCUT2D eigenvalue weighted by Crippen LogP contribution is 2.51. The lowest BCUT2D eigenvalue weighted by molar-refractivity contribution is -0.137. The minimum Gasteiger partial charge on any atom is -0.481 e. The zero-order valence-electron chi connectivity index (χ0n) is 15.2. The first-order valence-corrected chi connectivity index (χ1v) is 8.99. The molecular formula is C20H27NO4. The van der Waals surface area contributed by atoms with E-state index < -0.39 is 11.6 Å². The summed E-state index contributed by atoms with van der Waals surface area (Å²) < 4.78 is 5.55. The minimum absolute atomic E-state index is 0.0206. The molecule has 0 aromatic heterocycles. The van der Waals surface area contributed by atoms with Crippen molar-refractivity contribution in [2.45, 2.75) is 63.4 Å². The van der Waals surface area contributed by atoms with E-state index in [1.165, 1.54) is 5.56 Å². The van der Waals surface area contributed by atoms with Gasteiger partial charge in [-0.05, 0) is 57.1 Å². The van der Waals surface area contributed by atoms with E-state index in [2.05, 4.69) is 6.07 Å². The Morgan fingerprint density at radius 3 is 2.72 bits per heavy atom. The van der Waals surface area contributed by atoms with Gasteiger partial charge in [-0.3, -0.25) is 4.79 Å². The van der Waals surface area contributed by atoms with Crippen LogP contribution in [0.3, 0.4) is 0 Å². The molecule has 1 saturated heterocycles. The summed E-state index contributed by atoms with van der Waals surface area (Å²) in [6, 6.07) is 8.14. The smallest absolute Gasteiger partial charge is 0.410 e. The Morgan fingerprint density at radius 2 is 2.04 bits per heavy atom. The number of likely N-dealkylation sites (tertiary alicyclic amines) is 1. The van der Waals surface area contributed by atoms with Crippen LogP contribution >= 0.6 is 0 Å². The Bertz CT molecular complexity index is 679. The highest BCUT2D eigenvalue weighted by Gasteiger charge is 2.47. The summed E-state index contributed by atoms with van der Waals surface area (Å²) in [4.78, 5) is 25.6. The molecule has 1 spiro atoms. The largest absolute Gasteiger partial charge is 0.481 e. The normalized spacial score (nSPS) is 25.7. The molecule has 0 radical (unpaired) electrons. The molecule has 2 aliphatic rings. The first-order chi connectivity index (χ1) is 11.7. The summed E-state index contributed by atoms with van der Waals surface area (Å²) in [5.41, 5.74) is 1.69. The molecule has 1 aliphatic heterocycles. The quantitative estimate of drug-likeness (QED) is 0.882. The first-order valence-electron chi connectivity index (χ1n) is 8.99. The monoisotopic (exact) mass is 345 g/mol. The number of carbonyl (C=O) groups is 2. The summed E-state index contributed by atoms with van der Waals surface area (Å²) in [6.07, 6.45) is 2.56. The van der Waals surface area contributed by atoms with Gasteiger partial charge in [-0.25, -0.2) is 4.79 Å².